The summed E-state index contributed by atoms with van der Waals surface area (Å²) in [5, 5.41) is 4.95. The summed E-state index contributed by atoms with van der Waals surface area (Å²) in [7, 11) is 0. The molecule has 0 atom stereocenters. The van der Waals surface area contributed by atoms with E-state index < -0.39 is 5.41 Å². The van der Waals surface area contributed by atoms with Gasteiger partial charge in [0.05, 0.1) is 16.8 Å². The van der Waals surface area contributed by atoms with E-state index in [-0.39, 0.29) is 0 Å². The number of hydrogen-bond acceptors (Lipinski definition) is 2. The summed E-state index contributed by atoms with van der Waals surface area (Å²) in [6, 6.07) is 77.3. The number of nitrogens with zero attached hydrogens (tertiary/aromatic N) is 2. The van der Waals surface area contributed by atoms with Gasteiger partial charge in [-0.05, 0) is 154 Å². The molecule has 0 aromatic heterocycles. The molecular weight excluding hydrogens is 761 g/mol. The average Bonchev–Trinajstić information content (AvgIpc) is 3.79. The lowest BCUT2D eigenvalue weighted by molar-refractivity contribution is 0.795. The number of para-hydroxylation sites is 2. The fraction of sp³-hybridized carbons (Fsp3) is 0.0820. The average molecular weight is 807 g/mol. The number of fused-ring (bicyclic) bond motifs is 14. The highest BCUT2D eigenvalue weighted by atomic mass is 15.2. The lowest BCUT2D eigenvalue weighted by Gasteiger charge is -2.34. The standard InChI is InChI=1S/C61H46N2/c1-39-31-33-41(3)55(35-39)62(43-19-7-5-8-20-43)57-37-53-59(49-27-13-11-25-47(49)57)60-50-28-14-12-26-48(50)58(63(44-21-9-6-10-22-44)56-36-40(2)32-34-42(56)4)38-54(60)61(53)51-29-17-15-23-45(51)46-24-16-18-30-52(46)61/h5-38H,1-4H3. The molecule has 10 aromatic carbocycles. The van der Waals surface area contributed by atoms with Crippen LogP contribution in [-0.2, 0) is 5.41 Å². The van der Waals surface area contributed by atoms with E-state index in [0.29, 0.717) is 0 Å². The zero-order valence-electron chi connectivity index (χ0n) is 36.0. The molecular formula is C61H46N2. The molecule has 2 aliphatic rings. The van der Waals surface area contributed by atoms with Gasteiger partial charge in [0.15, 0.2) is 0 Å². The SMILES string of the molecule is Cc1ccc(C)c(N(c2ccccc2)c2cc3c(c4ccccc24)-c2c(cc(N(c4ccccc4)c4cc(C)ccc4C)c4ccccc24)C32c3ccccc3-c3ccccc32)c1. The van der Waals surface area contributed by atoms with Crippen molar-refractivity contribution in [1.29, 1.82) is 0 Å². The van der Waals surface area contributed by atoms with Gasteiger partial charge in [-0.25, -0.2) is 0 Å². The Morgan fingerprint density at radius 2 is 0.667 bits per heavy atom. The van der Waals surface area contributed by atoms with Crippen LogP contribution in [-0.4, -0.2) is 0 Å². The zero-order chi connectivity index (χ0) is 42.4. The van der Waals surface area contributed by atoms with Crippen LogP contribution in [0.1, 0.15) is 44.5 Å². The molecule has 0 radical (unpaired) electrons. The molecule has 0 bridgehead atoms. The molecule has 12 rings (SSSR count). The Morgan fingerprint density at radius 1 is 0.302 bits per heavy atom. The number of benzene rings is 10. The first-order valence-electron chi connectivity index (χ1n) is 22.1. The lowest BCUT2D eigenvalue weighted by Crippen LogP contribution is -2.27. The molecule has 0 unspecified atom stereocenters. The van der Waals surface area contributed by atoms with E-state index in [2.05, 4.69) is 244 Å². The highest BCUT2D eigenvalue weighted by Crippen LogP contribution is 2.67. The van der Waals surface area contributed by atoms with Crippen molar-refractivity contribution < 1.29 is 0 Å². The van der Waals surface area contributed by atoms with E-state index in [1.807, 2.05) is 0 Å². The van der Waals surface area contributed by atoms with Crippen LogP contribution in [0.3, 0.4) is 0 Å². The van der Waals surface area contributed by atoms with Gasteiger partial charge in [-0.1, -0.05) is 158 Å². The minimum Gasteiger partial charge on any atom is -0.310 e. The molecule has 2 aliphatic carbocycles. The lowest BCUT2D eigenvalue weighted by atomic mass is 9.70. The highest BCUT2D eigenvalue weighted by molar-refractivity contribution is 6.19. The predicted molar refractivity (Wildman–Crippen MR) is 266 cm³/mol. The Morgan fingerprint density at radius 3 is 1.10 bits per heavy atom. The van der Waals surface area contributed by atoms with Gasteiger partial charge in [-0.3, -0.25) is 0 Å². The third-order valence-electron chi connectivity index (χ3n) is 13.8. The van der Waals surface area contributed by atoms with E-state index in [9.17, 15) is 0 Å². The third kappa shape index (κ3) is 5.38. The molecule has 0 N–H and O–H groups in total. The first-order chi connectivity index (χ1) is 30.9. The second-order valence-electron chi connectivity index (χ2n) is 17.5. The Kier molecular flexibility index (Phi) is 8.36. The molecule has 0 saturated carbocycles. The maximum absolute atomic E-state index is 2.57. The van der Waals surface area contributed by atoms with Gasteiger partial charge in [-0.2, -0.15) is 0 Å². The minimum absolute atomic E-state index is 0.622. The van der Waals surface area contributed by atoms with Crippen LogP contribution in [0.2, 0.25) is 0 Å². The normalized spacial score (nSPS) is 12.9. The second kappa shape index (κ2) is 14.2. The molecule has 0 heterocycles. The van der Waals surface area contributed by atoms with Crippen LogP contribution in [0.5, 0.6) is 0 Å². The quantitative estimate of drug-likeness (QED) is 0.165. The second-order valence-corrected chi connectivity index (χ2v) is 17.5. The van der Waals surface area contributed by atoms with E-state index in [1.165, 1.54) is 111 Å². The summed E-state index contributed by atoms with van der Waals surface area (Å²) in [6.45, 7) is 8.88. The zero-order valence-corrected chi connectivity index (χ0v) is 36.0. The third-order valence-corrected chi connectivity index (χ3v) is 13.8. The maximum atomic E-state index is 2.57. The van der Waals surface area contributed by atoms with Crippen molar-refractivity contribution in [3.63, 3.8) is 0 Å². The van der Waals surface area contributed by atoms with E-state index in [4.69, 9.17) is 0 Å². The van der Waals surface area contributed by atoms with Crippen LogP contribution in [0.15, 0.2) is 206 Å². The van der Waals surface area contributed by atoms with Crippen molar-refractivity contribution >= 4 is 55.7 Å². The Hall–Kier alpha value is -7.68. The molecule has 0 aliphatic heterocycles. The summed E-state index contributed by atoms with van der Waals surface area (Å²) >= 11 is 0. The predicted octanol–water partition coefficient (Wildman–Crippen LogP) is 16.5. The van der Waals surface area contributed by atoms with Crippen molar-refractivity contribution in [2.75, 3.05) is 9.80 Å². The highest BCUT2D eigenvalue weighted by Gasteiger charge is 2.53. The first-order valence-corrected chi connectivity index (χ1v) is 22.1. The molecule has 63 heavy (non-hydrogen) atoms. The monoisotopic (exact) mass is 806 g/mol. The maximum Gasteiger partial charge on any atom is 0.0727 e. The van der Waals surface area contributed by atoms with Crippen LogP contribution >= 0.6 is 0 Å². The van der Waals surface area contributed by atoms with Crippen molar-refractivity contribution in [2.45, 2.75) is 33.1 Å². The summed E-state index contributed by atoms with van der Waals surface area (Å²) in [4.78, 5) is 5.02. The molecule has 300 valence electrons. The van der Waals surface area contributed by atoms with E-state index in [0.717, 1.165) is 11.4 Å². The van der Waals surface area contributed by atoms with Crippen molar-refractivity contribution in [2.24, 2.45) is 0 Å². The summed E-state index contributed by atoms with van der Waals surface area (Å²) < 4.78 is 0. The van der Waals surface area contributed by atoms with Gasteiger partial charge in [0.25, 0.3) is 0 Å². The molecule has 1 spiro atoms. The van der Waals surface area contributed by atoms with Crippen LogP contribution in [0, 0.1) is 27.7 Å². The number of aryl methyl sites for hydroxylation is 4. The Bertz CT molecular complexity index is 3220. The van der Waals surface area contributed by atoms with E-state index >= 15 is 0 Å². The van der Waals surface area contributed by atoms with Crippen LogP contribution < -0.4 is 9.80 Å². The van der Waals surface area contributed by atoms with E-state index in [1.54, 1.807) is 0 Å². The van der Waals surface area contributed by atoms with Gasteiger partial charge in [-0.15, -0.1) is 0 Å². The van der Waals surface area contributed by atoms with Gasteiger partial charge < -0.3 is 9.80 Å². The topological polar surface area (TPSA) is 6.48 Å². The van der Waals surface area contributed by atoms with Crippen LogP contribution in [0.25, 0.3) is 43.8 Å². The molecule has 2 heteroatoms. The number of anilines is 6. The summed E-state index contributed by atoms with van der Waals surface area (Å²) in [5.74, 6) is 0. The molecule has 0 fully saturated rings. The van der Waals surface area contributed by atoms with Crippen molar-refractivity contribution in [3.8, 4) is 22.3 Å². The molecule has 0 amide bonds. The fourth-order valence-corrected chi connectivity index (χ4v) is 11.1. The summed E-state index contributed by atoms with van der Waals surface area (Å²) in [6.07, 6.45) is 0. The van der Waals surface area contributed by atoms with Gasteiger partial charge >= 0.3 is 0 Å². The van der Waals surface area contributed by atoms with Gasteiger partial charge in [0, 0.05) is 33.5 Å². The van der Waals surface area contributed by atoms with Crippen molar-refractivity contribution in [1.82, 2.24) is 0 Å². The molecule has 2 nitrogen and oxygen atoms in total. The largest absolute Gasteiger partial charge is 0.310 e. The number of rotatable bonds is 6. The molecule has 0 saturated heterocycles. The minimum atomic E-state index is -0.622. The Balaban J connectivity index is 1.28. The Labute approximate surface area is 370 Å². The van der Waals surface area contributed by atoms with Gasteiger partial charge in [0.1, 0.15) is 0 Å². The fourth-order valence-electron chi connectivity index (χ4n) is 11.1. The summed E-state index contributed by atoms with van der Waals surface area (Å²) in [5.41, 5.74) is 21.8. The van der Waals surface area contributed by atoms with Crippen molar-refractivity contribution in [3.05, 3.63) is 251 Å². The van der Waals surface area contributed by atoms with Gasteiger partial charge in [0.2, 0.25) is 0 Å². The van der Waals surface area contributed by atoms with Crippen LogP contribution in [0.4, 0.5) is 34.1 Å². The first kappa shape index (κ1) is 37.1. The number of hydrogen-bond donors (Lipinski definition) is 0. The smallest absolute Gasteiger partial charge is 0.0727 e. The molecule has 10 aromatic rings.